The predicted molar refractivity (Wildman–Crippen MR) is 57.0 cm³/mol. The summed E-state index contributed by atoms with van der Waals surface area (Å²) in [7, 11) is -7.56. The first-order valence-corrected chi connectivity index (χ1v) is 7.44. The topological polar surface area (TPSA) is 104 Å². The Morgan fingerprint density at radius 1 is 0.933 bits per heavy atom. The molecular weight excluding hydrogens is 242 g/mol. The van der Waals surface area contributed by atoms with Gasteiger partial charge in [-0.3, -0.25) is 9.13 Å². The van der Waals surface area contributed by atoms with E-state index in [0.717, 1.165) is 7.11 Å². The van der Waals surface area contributed by atoms with Crippen molar-refractivity contribution in [2.45, 2.75) is 38.0 Å². The summed E-state index contributed by atoms with van der Waals surface area (Å²) in [6, 6.07) is 0. The molecule has 6 nitrogen and oxygen atoms in total. The van der Waals surface area contributed by atoms with Crippen LogP contribution >= 0.6 is 15.2 Å². The van der Waals surface area contributed by atoms with Crippen LogP contribution in [0.15, 0.2) is 0 Å². The van der Waals surface area contributed by atoms with E-state index in [2.05, 4.69) is 4.52 Å². The van der Waals surface area contributed by atoms with Crippen LogP contribution in [0.25, 0.3) is 0 Å². The fourth-order valence-corrected chi connectivity index (χ4v) is 3.56. The SMILES string of the molecule is COP(=O)(O)C(C)(C)C(C)(C)P(=O)(O)O. The molecule has 0 fully saturated rings. The van der Waals surface area contributed by atoms with E-state index >= 15 is 0 Å². The van der Waals surface area contributed by atoms with Gasteiger partial charge < -0.3 is 19.2 Å². The van der Waals surface area contributed by atoms with E-state index in [-0.39, 0.29) is 0 Å². The van der Waals surface area contributed by atoms with Gasteiger partial charge in [0, 0.05) is 7.11 Å². The lowest BCUT2D eigenvalue weighted by Crippen LogP contribution is -2.44. The average molecular weight is 260 g/mol. The molecule has 0 aliphatic heterocycles. The Morgan fingerprint density at radius 3 is 1.47 bits per heavy atom. The maximum Gasteiger partial charge on any atom is 0.334 e. The highest BCUT2D eigenvalue weighted by Crippen LogP contribution is 2.68. The van der Waals surface area contributed by atoms with Gasteiger partial charge in [0.2, 0.25) is 0 Å². The Hall–Kier alpha value is 0.300. The largest absolute Gasteiger partial charge is 0.334 e. The summed E-state index contributed by atoms with van der Waals surface area (Å²) in [6.07, 6.45) is 0. The third-order valence-electron chi connectivity index (χ3n) is 3.18. The smallest absolute Gasteiger partial charge is 0.324 e. The molecule has 0 spiro atoms. The summed E-state index contributed by atoms with van der Waals surface area (Å²) in [6.45, 7) is 5.10. The third kappa shape index (κ3) is 2.36. The lowest BCUT2D eigenvalue weighted by atomic mass is 9.98. The van der Waals surface area contributed by atoms with E-state index < -0.39 is 25.5 Å². The van der Waals surface area contributed by atoms with Crippen molar-refractivity contribution in [1.82, 2.24) is 0 Å². The fourth-order valence-electron chi connectivity index (χ4n) is 0.930. The van der Waals surface area contributed by atoms with Gasteiger partial charge in [-0.05, 0) is 27.7 Å². The van der Waals surface area contributed by atoms with Gasteiger partial charge in [0.05, 0.1) is 10.3 Å². The standard InChI is InChI=1S/C7H18O6P2/c1-6(2,14(8,9)10)7(3,4)15(11,12)13-5/h1-5H3,(H,11,12)(H2,8,9,10). The normalized spacial score (nSPS) is 18.7. The monoisotopic (exact) mass is 260 g/mol. The molecule has 0 rings (SSSR count). The highest BCUT2D eigenvalue weighted by atomic mass is 31.2. The van der Waals surface area contributed by atoms with Crippen molar-refractivity contribution < 1.29 is 28.3 Å². The van der Waals surface area contributed by atoms with Crippen molar-refractivity contribution >= 4 is 15.2 Å². The van der Waals surface area contributed by atoms with Crippen molar-refractivity contribution in [3.8, 4) is 0 Å². The zero-order chi connectivity index (χ0) is 12.7. The number of rotatable bonds is 4. The second kappa shape index (κ2) is 3.95. The molecule has 15 heavy (non-hydrogen) atoms. The lowest BCUT2D eigenvalue weighted by molar-refractivity contribution is 0.252. The van der Waals surface area contributed by atoms with E-state index in [9.17, 15) is 14.0 Å². The zero-order valence-corrected chi connectivity index (χ0v) is 11.2. The quantitative estimate of drug-likeness (QED) is 0.662. The molecule has 92 valence electrons. The Labute approximate surface area is 89.4 Å². The van der Waals surface area contributed by atoms with Crippen LogP contribution in [0.5, 0.6) is 0 Å². The molecule has 0 saturated heterocycles. The van der Waals surface area contributed by atoms with Crippen molar-refractivity contribution in [2.75, 3.05) is 7.11 Å². The minimum absolute atomic E-state index is 1.04. The van der Waals surface area contributed by atoms with Crippen molar-refractivity contribution in [2.24, 2.45) is 0 Å². The molecule has 0 amide bonds. The van der Waals surface area contributed by atoms with Gasteiger partial charge in [0.1, 0.15) is 0 Å². The highest BCUT2D eigenvalue weighted by Gasteiger charge is 2.59. The van der Waals surface area contributed by atoms with Gasteiger partial charge >= 0.3 is 15.2 Å². The van der Waals surface area contributed by atoms with Crippen LogP contribution in [0, 0.1) is 0 Å². The Kier molecular flexibility index (Phi) is 4.03. The minimum Gasteiger partial charge on any atom is -0.324 e. The molecule has 3 N–H and O–H groups in total. The van der Waals surface area contributed by atoms with E-state index in [1.165, 1.54) is 27.7 Å². The molecule has 8 heteroatoms. The maximum absolute atomic E-state index is 11.7. The van der Waals surface area contributed by atoms with Crippen molar-refractivity contribution in [3.05, 3.63) is 0 Å². The van der Waals surface area contributed by atoms with Crippen molar-refractivity contribution in [3.63, 3.8) is 0 Å². The van der Waals surface area contributed by atoms with Gasteiger partial charge in [-0.1, -0.05) is 0 Å². The maximum atomic E-state index is 11.7. The second-order valence-electron chi connectivity index (χ2n) is 4.37. The minimum atomic E-state index is -4.51. The summed E-state index contributed by atoms with van der Waals surface area (Å²) in [5.74, 6) is 0. The van der Waals surface area contributed by atoms with Gasteiger partial charge in [-0.25, -0.2) is 0 Å². The molecular formula is C7H18O6P2. The predicted octanol–water partition coefficient (Wildman–Crippen LogP) is 1.55. The summed E-state index contributed by atoms with van der Waals surface area (Å²) >= 11 is 0. The third-order valence-corrected chi connectivity index (χ3v) is 7.84. The molecule has 0 aliphatic carbocycles. The van der Waals surface area contributed by atoms with Crippen molar-refractivity contribution in [1.29, 1.82) is 0 Å². The summed E-state index contributed by atoms with van der Waals surface area (Å²) in [4.78, 5) is 27.9. The van der Waals surface area contributed by atoms with Crippen LogP contribution in [-0.4, -0.2) is 32.1 Å². The van der Waals surface area contributed by atoms with Gasteiger partial charge in [0.25, 0.3) is 0 Å². The van der Waals surface area contributed by atoms with Crippen LogP contribution in [-0.2, 0) is 13.7 Å². The first-order valence-electron chi connectivity index (χ1n) is 4.25. The lowest BCUT2D eigenvalue weighted by Gasteiger charge is -2.42. The van der Waals surface area contributed by atoms with Gasteiger partial charge in [0.15, 0.2) is 0 Å². The first-order chi connectivity index (χ1) is 6.31. The molecule has 0 radical (unpaired) electrons. The van der Waals surface area contributed by atoms with Crippen LogP contribution in [0.1, 0.15) is 27.7 Å². The molecule has 0 bridgehead atoms. The van der Waals surface area contributed by atoms with Crippen LogP contribution in [0.2, 0.25) is 0 Å². The molecule has 0 aromatic carbocycles. The van der Waals surface area contributed by atoms with E-state index in [0.29, 0.717) is 0 Å². The summed E-state index contributed by atoms with van der Waals surface area (Å²) < 4.78 is 27.4. The molecule has 1 unspecified atom stereocenters. The van der Waals surface area contributed by atoms with Crippen LogP contribution in [0.4, 0.5) is 0 Å². The Morgan fingerprint density at radius 2 is 1.27 bits per heavy atom. The van der Waals surface area contributed by atoms with Crippen LogP contribution < -0.4 is 0 Å². The zero-order valence-electron chi connectivity index (χ0n) is 9.46. The van der Waals surface area contributed by atoms with Crippen LogP contribution in [0.3, 0.4) is 0 Å². The summed E-state index contributed by atoms with van der Waals surface area (Å²) in [5.41, 5.74) is 0. The molecule has 0 saturated carbocycles. The molecule has 1 atom stereocenters. The first kappa shape index (κ1) is 15.3. The Bertz CT molecular complexity index is 328. The summed E-state index contributed by atoms with van der Waals surface area (Å²) in [5, 5.41) is -3.20. The highest BCUT2D eigenvalue weighted by molar-refractivity contribution is 7.59. The average Bonchev–Trinajstić information content (AvgIpc) is 2.01. The van der Waals surface area contributed by atoms with E-state index in [4.69, 9.17) is 9.79 Å². The molecule has 0 aliphatic rings. The fraction of sp³-hybridized carbons (Fsp3) is 1.00. The van der Waals surface area contributed by atoms with E-state index in [1.807, 2.05) is 0 Å². The molecule has 0 aromatic rings. The molecule has 0 heterocycles. The number of hydrogen-bond donors (Lipinski definition) is 3. The van der Waals surface area contributed by atoms with E-state index in [1.54, 1.807) is 0 Å². The number of hydrogen-bond acceptors (Lipinski definition) is 3. The second-order valence-corrected chi connectivity index (χ2v) is 9.10. The van der Waals surface area contributed by atoms with Gasteiger partial charge in [-0.15, -0.1) is 0 Å². The molecule has 0 aromatic heterocycles. The van der Waals surface area contributed by atoms with Gasteiger partial charge in [-0.2, -0.15) is 0 Å². The Balaban J connectivity index is 5.59.